The second kappa shape index (κ2) is 5.14. The van der Waals surface area contributed by atoms with Crippen molar-refractivity contribution in [3.63, 3.8) is 0 Å². The molecule has 1 aliphatic rings. The van der Waals surface area contributed by atoms with Gasteiger partial charge in [-0.2, -0.15) is 5.10 Å². The second-order valence-corrected chi connectivity index (χ2v) is 5.24. The molecule has 0 spiro atoms. The highest BCUT2D eigenvalue weighted by atomic mass is 15.4. The predicted molar refractivity (Wildman–Crippen MR) is 68.0 cm³/mol. The number of hydrogen-bond donors (Lipinski definition) is 1. The maximum absolute atomic E-state index is 5.81. The van der Waals surface area contributed by atoms with Crippen LogP contribution < -0.4 is 5.73 Å². The van der Waals surface area contributed by atoms with E-state index in [2.05, 4.69) is 40.7 Å². The Kier molecular flexibility index (Phi) is 3.79. The number of nitrogens with two attached hydrogens (primary N) is 1. The molecular formula is C12H23N5. The summed E-state index contributed by atoms with van der Waals surface area (Å²) in [4.78, 5) is 6.83. The highest BCUT2D eigenvalue weighted by molar-refractivity contribution is 5.05. The van der Waals surface area contributed by atoms with Gasteiger partial charge >= 0.3 is 0 Å². The van der Waals surface area contributed by atoms with Crippen LogP contribution in [-0.2, 0) is 6.42 Å². The van der Waals surface area contributed by atoms with Gasteiger partial charge in [0, 0.05) is 25.4 Å². The van der Waals surface area contributed by atoms with E-state index in [1.807, 2.05) is 0 Å². The maximum atomic E-state index is 5.81. The number of aromatic nitrogens is 3. The van der Waals surface area contributed by atoms with Gasteiger partial charge in [0.05, 0.1) is 6.04 Å². The monoisotopic (exact) mass is 237 g/mol. The largest absolute Gasteiger partial charge is 0.330 e. The Balaban J connectivity index is 2.17. The van der Waals surface area contributed by atoms with Crippen LogP contribution >= 0.6 is 0 Å². The summed E-state index contributed by atoms with van der Waals surface area (Å²) in [7, 11) is 4.14. The standard InChI is InChI=1S/C12H23N5/c1-9-4-5-10(8-13)12-14-11(15-17(9)12)6-7-16(2)3/h9-10H,4-8,13H2,1-3H3. The van der Waals surface area contributed by atoms with E-state index in [9.17, 15) is 0 Å². The molecule has 1 aliphatic heterocycles. The third-order valence-corrected chi connectivity index (χ3v) is 3.48. The van der Waals surface area contributed by atoms with Gasteiger partial charge in [0.2, 0.25) is 0 Å². The van der Waals surface area contributed by atoms with Crippen LogP contribution in [0.1, 0.15) is 43.4 Å². The van der Waals surface area contributed by atoms with Crippen LogP contribution in [0.5, 0.6) is 0 Å². The van der Waals surface area contributed by atoms with E-state index in [1.165, 1.54) is 0 Å². The molecule has 0 radical (unpaired) electrons. The van der Waals surface area contributed by atoms with Gasteiger partial charge in [0.25, 0.3) is 0 Å². The van der Waals surface area contributed by atoms with E-state index in [0.717, 1.165) is 37.5 Å². The molecular weight excluding hydrogens is 214 g/mol. The van der Waals surface area contributed by atoms with Gasteiger partial charge in [-0.25, -0.2) is 9.67 Å². The second-order valence-electron chi connectivity index (χ2n) is 5.24. The van der Waals surface area contributed by atoms with Crippen LogP contribution in [0.25, 0.3) is 0 Å². The van der Waals surface area contributed by atoms with E-state index in [4.69, 9.17) is 5.73 Å². The SMILES string of the molecule is CC1CCC(CN)c2nc(CCN(C)C)nn21. The minimum atomic E-state index is 0.395. The van der Waals surface area contributed by atoms with Crippen LogP contribution in [0.2, 0.25) is 0 Å². The smallest absolute Gasteiger partial charge is 0.152 e. The molecule has 1 aromatic rings. The van der Waals surface area contributed by atoms with Crippen molar-refractivity contribution < 1.29 is 0 Å². The molecule has 0 bridgehead atoms. The van der Waals surface area contributed by atoms with Crippen LogP contribution in [0.3, 0.4) is 0 Å². The van der Waals surface area contributed by atoms with E-state index in [-0.39, 0.29) is 0 Å². The molecule has 5 nitrogen and oxygen atoms in total. The van der Waals surface area contributed by atoms with Crippen LogP contribution in [0, 0.1) is 0 Å². The molecule has 2 rings (SSSR count). The van der Waals surface area contributed by atoms with Crippen molar-refractivity contribution >= 4 is 0 Å². The van der Waals surface area contributed by atoms with E-state index in [1.54, 1.807) is 0 Å². The fourth-order valence-corrected chi connectivity index (χ4v) is 2.33. The molecule has 0 aromatic carbocycles. The zero-order valence-corrected chi connectivity index (χ0v) is 11.1. The molecule has 1 aromatic heterocycles. The highest BCUT2D eigenvalue weighted by Gasteiger charge is 2.27. The molecule has 0 amide bonds. The van der Waals surface area contributed by atoms with Gasteiger partial charge in [-0.05, 0) is 33.9 Å². The van der Waals surface area contributed by atoms with Gasteiger partial charge < -0.3 is 10.6 Å². The minimum absolute atomic E-state index is 0.395. The summed E-state index contributed by atoms with van der Waals surface area (Å²) in [5.41, 5.74) is 5.81. The van der Waals surface area contributed by atoms with Gasteiger partial charge in [-0.15, -0.1) is 0 Å². The third-order valence-electron chi connectivity index (χ3n) is 3.48. The average molecular weight is 237 g/mol. The Morgan fingerprint density at radius 1 is 1.41 bits per heavy atom. The predicted octanol–water partition coefficient (Wildman–Crippen LogP) is 0.779. The normalized spacial score (nSPS) is 24.1. The highest BCUT2D eigenvalue weighted by Crippen LogP contribution is 2.30. The van der Waals surface area contributed by atoms with Crippen molar-refractivity contribution in [2.45, 2.75) is 38.1 Å². The third kappa shape index (κ3) is 2.66. The Bertz CT molecular complexity index is 371. The first-order valence-electron chi connectivity index (χ1n) is 6.42. The Morgan fingerprint density at radius 3 is 2.82 bits per heavy atom. The van der Waals surface area contributed by atoms with Gasteiger partial charge in [-0.1, -0.05) is 0 Å². The molecule has 0 aliphatic carbocycles. The summed E-state index contributed by atoms with van der Waals surface area (Å²) in [5, 5.41) is 4.63. The number of likely N-dealkylation sites (N-methyl/N-ethyl adjacent to an activating group) is 1. The summed E-state index contributed by atoms with van der Waals surface area (Å²) in [6.07, 6.45) is 3.21. The number of hydrogen-bond acceptors (Lipinski definition) is 4. The molecule has 96 valence electrons. The van der Waals surface area contributed by atoms with Crippen LogP contribution in [0.4, 0.5) is 0 Å². The number of nitrogens with zero attached hydrogens (tertiary/aromatic N) is 4. The lowest BCUT2D eigenvalue weighted by Crippen LogP contribution is -2.25. The van der Waals surface area contributed by atoms with Gasteiger partial charge in [-0.3, -0.25) is 0 Å². The van der Waals surface area contributed by atoms with Crippen molar-refractivity contribution in [3.05, 3.63) is 11.6 Å². The van der Waals surface area contributed by atoms with E-state index >= 15 is 0 Å². The summed E-state index contributed by atoms with van der Waals surface area (Å²) < 4.78 is 2.09. The molecule has 17 heavy (non-hydrogen) atoms. The zero-order valence-electron chi connectivity index (χ0n) is 11.1. The summed E-state index contributed by atoms with van der Waals surface area (Å²) in [5.74, 6) is 2.45. The Hall–Kier alpha value is -0.940. The quantitative estimate of drug-likeness (QED) is 0.840. The fourth-order valence-electron chi connectivity index (χ4n) is 2.33. The average Bonchev–Trinajstić information content (AvgIpc) is 2.72. The van der Waals surface area contributed by atoms with Crippen molar-refractivity contribution in [3.8, 4) is 0 Å². The van der Waals surface area contributed by atoms with E-state index < -0.39 is 0 Å². The number of rotatable bonds is 4. The Morgan fingerprint density at radius 2 is 2.18 bits per heavy atom. The molecule has 2 unspecified atom stereocenters. The van der Waals surface area contributed by atoms with Gasteiger partial charge in [0.1, 0.15) is 5.82 Å². The maximum Gasteiger partial charge on any atom is 0.152 e. The van der Waals surface area contributed by atoms with Gasteiger partial charge in [0.15, 0.2) is 5.82 Å². The lowest BCUT2D eigenvalue weighted by molar-refractivity contribution is 0.348. The summed E-state index contributed by atoms with van der Waals surface area (Å²) in [6.45, 7) is 3.88. The molecule has 0 fully saturated rings. The molecule has 2 heterocycles. The molecule has 2 N–H and O–H groups in total. The fraction of sp³-hybridized carbons (Fsp3) is 0.833. The first kappa shape index (κ1) is 12.5. The first-order chi connectivity index (χ1) is 8.11. The molecule has 5 heteroatoms. The topological polar surface area (TPSA) is 60.0 Å². The molecule has 0 saturated heterocycles. The lowest BCUT2D eigenvalue weighted by atomic mass is 9.95. The summed E-state index contributed by atoms with van der Waals surface area (Å²) >= 11 is 0. The van der Waals surface area contributed by atoms with Crippen LogP contribution in [0.15, 0.2) is 0 Å². The lowest BCUT2D eigenvalue weighted by Gasteiger charge is -2.25. The van der Waals surface area contributed by atoms with Crippen molar-refractivity contribution in [1.29, 1.82) is 0 Å². The zero-order chi connectivity index (χ0) is 12.4. The van der Waals surface area contributed by atoms with Crippen molar-refractivity contribution in [2.24, 2.45) is 5.73 Å². The first-order valence-corrected chi connectivity index (χ1v) is 6.42. The van der Waals surface area contributed by atoms with Crippen LogP contribution in [-0.4, -0.2) is 46.8 Å². The Labute approximate surface area is 103 Å². The number of fused-ring (bicyclic) bond motifs is 1. The van der Waals surface area contributed by atoms with E-state index in [0.29, 0.717) is 18.5 Å². The summed E-state index contributed by atoms with van der Waals surface area (Å²) in [6, 6.07) is 0.466. The minimum Gasteiger partial charge on any atom is -0.330 e. The molecule has 2 atom stereocenters. The van der Waals surface area contributed by atoms with Crippen molar-refractivity contribution in [2.75, 3.05) is 27.2 Å². The molecule has 0 saturated carbocycles. The van der Waals surface area contributed by atoms with Crippen molar-refractivity contribution in [1.82, 2.24) is 19.7 Å².